The zero-order chi connectivity index (χ0) is 19.1. The zero-order valence-corrected chi connectivity index (χ0v) is 14.6. The highest BCUT2D eigenvalue weighted by atomic mass is 32.1. The van der Waals surface area contributed by atoms with Crippen LogP contribution < -0.4 is 11.1 Å². The number of nitrogens with one attached hydrogen (secondary N) is 1. The van der Waals surface area contributed by atoms with Crippen molar-refractivity contribution < 1.29 is 28.3 Å². The van der Waals surface area contributed by atoms with Gasteiger partial charge >= 0.3 is 11.9 Å². The molecule has 0 fully saturated rings. The Bertz CT molecular complexity index is 850. The van der Waals surface area contributed by atoms with Gasteiger partial charge in [-0.2, -0.15) is 5.26 Å². The molecule has 9 nitrogen and oxygen atoms in total. The second-order valence-corrected chi connectivity index (χ2v) is 5.85. The molecule has 2 aromatic heterocycles. The van der Waals surface area contributed by atoms with Crippen molar-refractivity contribution in [2.24, 2.45) is 0 Å². The number of anilines is 1. The summed E-state index contributed by atoms with van der Waals surface area (Å²) >= 11 is 0.889. The van der Waals surface area contributed by atoms with Crippen LogP contribution in [-0.4, -0.2) is 31.0 Å². The molecule has 0 aliphatic rings. The number of ether oxygens (including phenoxy) is 2. The summed E-state index contributed by atoms with van der Waals surface area (Å²) in [5.41, 5.74) is 5.97. The van der Waals surface area contributed by atoms with Gasteiger partial charge in [-0.1, -0.05) is 0 Å². The number of thiophene rings is 1. The van der Waals surface area contributed by atoms with Crippen LogP contribution in [0.5, 0.6) is 0 Å². The van der Waals surface area contributed by atoms with Gasteiger partial charge in [0.2, 0.25) is 0 Å². The molecule has 0 saturated carbocycles. The minimum absolute atomic E-state index is 0.0553. The first kappa shape index (κ1) is 19.0. The summed E-state index contributed by atoms with van der Waals surface area (Å²) < 4.78 is 14.8. The van der Waals surface area contributed by atoms with E-state index < -0.39 is 24.4 Å². The van der Waals surface area contributed by atoms with Crippen LogP contribution in [0, 0.1) is 11.3 Å². The predicted molar refractivity (Wildman–Crippen MR) is 90.2 cm³/mol. The van der Waals surface area contributed by atoms with Crippen LogP contribution in [0.25, 0.3) is 0 Å². The Morgan fingerprint density at radius 2 is 2.15 bits per heavy atom. The lowest BCUT2D eigenvalue weighted by Crippen LogP contribution is -2.30. The number of hydrogen-bond acceptors (Lipinski definition) is 9. The van der Waals surface area contributed by atoms with Crippen molar-refractivity contribution in [1.29, 1.82) is 5.26 Å². The summed E-state index contributed by atoms with van der Waals surface area (Å²) in [5, 5.41) is 11.6. The molecule has 2 rings (SSSR count). The standard InChI is InChI=1S/C16H15N3O6S/c1-2-23-16(22)13-10(9(6-17)14(18)26-13)8-25-12(20)7-19-15(21)11-4-3-5-24-11/h3-5H,2,7-8,18H2,1H3,(H,19,21). The molecule has 0 aliphatic heterocycles. The number of nitriles is 1. The average molecular weight is 377 g/mol. The third kappa shape index (κ3) is 4.40. The van der Waals surface area contributed by atoms with E-state index in [1.165, 1.54) is 18.4 Å². The monoisotopic (exact) mass is 377 g/mol. The minimum atomic E-state index is -0.756. The number of furan rings is 1. The first-order valence-electron chi connectivity index (χ1n) is 7.43. The van der Waals surface area contributed by atoms with E-state index in [1.807, 2.05) is 6.07 Å². The Hall–Kier alpha value is -3.32. The number of amides is 1. The highest BCUT2D eigenvalue weighted by molar-refractivity contribution is 7.18. The summed E-state index contributed by atoms with van der Waals surface area (Å²) in [7, 11) is 0. The number of nitrogens with zero attached hydrogens (tertiary/aromatic N) is 1. The Kier molecular flexibility index (Phi) is 6.35. The predicted octanol–water partition coefficient (Wildman–Crippen LogP) is 1.44. The molecule has 0 saturated heterocycles. The maximum absolute atomic E-state index is 12.0. The van der Waals surface area contributed by atoms with Gasteiger partial charge in [-0.05, 0) is 19.1 Å². The minimum Gasteiger partial charge on any atom is -0.462 e. The van der Waals surface area contributed by atoms with Crippen molar-refractivity contribution in [3.8, 4) is 6.07 Å². The second kappa shape index (κ2) is 8.68. The highest BCUT2D eigenvalue weighted by Gasteiger charge is 2.24. The van der Waals surface area contributed by atoms with Gasteiger partial charge in [0.25, 0.3) is 5.91 Å². The van der Waals surface area contributed by atoms with Crippen molar-refractivity contribution >= 4 is 34.2 Å². The van der Waals surface area contributed by atoms with Gasteiger partial charge < -0.3 is 24.9 Å². The first-order chi connectivity index (χ1) is 12.5. The van der Waals surface area contributed by atoms with Crippen LogP contribution in [0.3, 0.4) is 0 Å². The van der Waals surface area contributed by atoms with E-state index in [0.29, 0.717) is 0 Å². The Morgan fingerprint density at radius 1 is 1.38 bits per heavy atom. The van der Waals surface area contributed by atoms with Gasteiger partial charge in [-0.3, -0.25) is 9.59 Å². The van der Waals surface area contributed by atoms with E-state index in [9.17, 15) is 19.6 Å². The van der Waals surface area contributed by atoms with Gasteiger partial charge in [-0.25, -0.2) is 4.79 Å². The fourth-order valence-electron chi connectivity index (χ4n) is 1.96. The van der Waals surface area contributed by atoms with Crippen LogP contribution in [0.15, 0.2) is 22.8 Å². The SMILES string of the molecule is CCOC(=O)c1sc(N)c(C#N)c1COC(=O)CNC(=O)c1ccco1. The maximum atomic E-state index is 12.0. The van der Waals surface area contributed by atoms with Crippen molar-refractivity contribution in [3.63, 3.8) is 0 Å². The molecule has 1 amide bonds. The molecule has 0 atom stereocenters. The third-order valence-electron chi connectivity index (χ3n) is 3.12. The molecular weight excluding hydrogens is 362 g/mol. The van der Waals surface area contributed by atoms with E-state index in [4.69, 9.17) is 19.6 Å². The average Bonchev–Trinajstić information content (AvgIpc) is 3.25. The molecular formula is C16H15N3O6S. The zero-order valence-electron chi connectivity index (χ0n) is 13.7. The lowest BCUT2D eigenvalue weighted by atomic mass is 10.1. The van der Waals surface area contributed by atoms with E-state index in [-0.39, 0.29) is 40.0 Å². The highest BCUT2D eigenvalue weighted by Crippen LogP contribution is 2.31. The molecule has 0 aliphatic carbocycles. The first-order valence-corrected chi connectivity index (χ1v) is 8.25. The fourth-order valence-corrected chi connectivity index (χ4v) is 2.87. The molecule has 10 heteroatoms. The number of nitrogen functional groups attached to an aromatic ring is 1. The number of hydrogen-bond donors (Lipinski definition) is 2. The quantitative estimate of drug-likeness (QED) is 0.690. The van der Waals surface area contributed by atoms with E-state index in [2.05, 4.69) is 5.32 Å². The van der Waals surface area contributed by atoms with Crippen LogP contribution in [0.2, 0.25) is 0 Å². The van der Waals surface area contributed by atoms with Gasteiger partial charge in [0.15, 0.2) is 5.76 Å². The van der Waals surface area contributed by atoms with Gasteiger partial charge in [-0.15, -0.1) is 11.3 Å². The summed E-state index contributed by atoms with van der Waals surface area (Å²) in [5.74, 6) is -1.92. The smallest absolute Gasteiger partial charge is 0.348 e. The molecule has 26 heavy (non-hydrogen) atoms. The summed E-state index contributed by atoms with van der Waals surface area (Å²) in [6.45, 7) is 1.04. The van der Waals surface area contributed by atoms with Crippen molar-refractivity contribution in [2.75, 3.05) is 18.9 Å². The summed E-state index contributed by atoms with van der Waals surface area (Å²) in [6, 6.07) is 4.86. The molecule has 0 bridgehead atoms. The van der Waals surface area contributed by atoms with Gasteiger partial charge in [0.05, 0.1) is 18.4 Å². The van der Waals surface area contributed by atoms with Crippen LogP contribution in [-0.2, 0) is 20.9 Å². The molecule has 2 heterocycles. The van der Waals surface area contributed by atoms with Crippen LogP contribution in [0.4, 0.5) is 5.00 Å². The summed E-state index contributed by atoms with van der Waals surface area (Å²) in [6.07, 6.45) is 1.33. The van der Waals surface area contributed by atoms with Crippen LogP contribution in [0.1, 0.15) is 38.3 Å². The normalized spacial score (nSPS) is 10.0. The van der Waals surface area contributed by atoms with E-state index >= 15 is 0 Å². The molecule has 0 spiro atoms. The van der Waals surface area contributed by atoms with E-state index in [0.717, 1.165) is 11.3 Å². The number of rotatable bonds is 7. The third-order valence-corrected chi connectivity index (χ3v) is 4.16. The molecule has 0 radical (unpaired) electrons. The van der Waals surface area contributed by atoms with Crippen LogP contribution >= 0.6 is 11.3 Å². The largest absolute Gasteiger partial charge is 0.462 e. The van der Waals surface area contributed by atoms with Gasteiger partial charge in [0.1, 0.15) is 29.1 Å². The Labute approximate surface area is 152 Å². The van der Waals surface area contributed by atoms with Crippen molar-refractivity contribution in [1.82, 2.24) is 5.32 Å². The number of esters is 2. The molecule has 0 aromatic carbocycles. The lowest BCUT2D eigenvalue weighted by molar-refractivity contribution is -0.143. The second-order valence-electron chi connectivity index (χ2n) is 4.80. The fraction of sp³-hybridized carbons (Fsp3) is 0.250. The van der Waals surface area contributed by atoms with Gasteiger partial charge in [0, 0.05) is 5.56 Å². The lowest BCUT2D eigenvalue weighted by Gasteiger charge is -2.07. The molecule has 3 N–H and O–H groups in total. The molecule has 0 unspecified atom stereocenters. The number of nitrogens with two attached hydrogens (primary N) is 1. The topological polar surface area (TPSA) is 145 Å². The number of carbonyl (C=O) groups is 3. The van der Waals surface area contributed by atoms with Crippen molar-refractivity contribution in [3.05, 3.63) is 40.2 Å². The van der Waals surface area contributed by atoms with Crippen molar-refractivity contribution in [2.45, 2.75) is 13.5 Å². The molecule has 136 valence electrons. The summed E-state index contributed by atoms with van der Waals surface area (Å²) in [4.78, 5) is 35.5. The number of carbonyl (C=O) groups excluding carboxylic acids is 3. The maximum Gasteiger partial charge on any atom is 0.348 e. The Balaban J connectivity index is 1.99. The Morgan fingerprint density at radius 3 is 2.77 bits per heavy atom. The molecule has 2 aromatic rings. The van der Waals surface area contributed by atoms with E-state index in [1.54, 1.807) is 6.92 Å².